The van der Waals surface area contributed by atoms with Crippen LogP contribution in [0.5, 0.6) is 0 Å². The molecule has 4 aliphatic rings. The monoisotopic (exact) mass is 572 g/mol. The Morgan fingerprint density at radius 1 is 1.10 bits per heavy atom. The summed E-state index contributed by atoms with van der Waals surface area (Å²) in [6, 6.07) is 0.504. The van der Waals surface area contributed by atoms with Crippen LogP contribution in [0.1, 0.15) is 92.9 Å². The van der Waals surface area contributed by atoms with Crippen LogP contribution in [-0.4, -0.2) is 64.8 Å². The van der Waals surface area contributed by atoms with E-state index in [0.29, 0.717) is 29.2 Å². The first-order valence-corrected chi connectivity index (χ1v) is 15.0. The number of aliphatic hydroxyl groups is 1. The zero-order chi connectivity index (χ0) is 25.0. The highest BCUT2D eigenvalue weighted by Gasteiger charge is 2.40. The van der Waals surface area contributed by atoms with Crippen molar-refractivity contribution in [2.45, 2.75) is 105 Å². The average molecular weight is 573 g/mol. The highest BCUT2D eigenvalue weighted by atomic mass is 35.5. The van der Waals surface area contributed by atoms with Crippen molar-refractivity contribution in [2.75, 3.05) is 26.2 Å². The first-order chi connectivity index (χ1) is 16.7. The molecule has 4 rings (SSSR count). The van der Waals surface area contributed by atoms with Gasteiger partial charge in [0.25, 0.3) is 0 Å². The topological polar surface area (TPSA) is 130 Å². The van der Waals surface area contributed by atoms with Crippen LogP contribution in [0.4, 0.5) is 0 Å². The fourth-order valence-electron chi connectivity index (χ4n) is 7.59. The normalized spacial score (nSPS) is 31.4. The van der Waals surface area contributed by atoms with Gasteiger partial charge < -0.3 is 31.8 Å². The summed E-state index contributed by atoms with van der Waals surface area (Å²) in [6.45, 7) is 14.3. The number of hydrogen-bond acceptors (Lipinski definition) is 3. The Bertz CT molecular complexity index is 797. The molecule has 0 aromatic rings. The molecule has 1 aliphatic heterocycles. The van der Waals surface area contributed by atoms with E-state index in [1.165, 1.54) is 57.2 Å². The minimum absolute atomic E-state index is 0. The molecule has 0 aromatic carbocycles. The van der Waals surface area contributed by atoms with E-state index in [1.807, 2.05) is 0 Å². The molecule has 0 bridgehead atoms. The van der Waals surface area contributed by atoms with Gasteiger partial charge in [0, 0.05) is 30.7 Å². The first-order valence-electron chi connectivity index (χ1n) is 14.6. The quantitative estimate of drug-likeness (QED) is 0.420. The van der Waals surface area contributed by atoms with Gasteiger partial charge in [0.1, 0.15) is 0 Å². The predicted octanol–water partition coefficient (Wildman–Crippen LogP) is 5.09. The number of allylic oxidation sites excluding steroid dienone is 5. The summed E-state index contributed by atoms with van der Waals surface area (Å²) in [5.74, 6) is 3.17. The van der Waals surface area contributed by atoms with E-state index in [-0.39, 0.29) is 30.0 Å². The molecular weight excluding hydrogens is 512 g/mol. The van der Waals surface area contributed by atoms with Crippen LogP contribution in [0.2, 0.25) is 0 Å². The average Bonchev–Trinajstić information content (AvgIpc) is 2.82. The molecule has 2 fully saturated rings. The zero-order valence-electron chi connectivity index (χ0n) is 24.3. The maximum absolute atomic E-state index is 10.6. The van der Waals surface area contributed by atoms with Crippen molar-refractivity contribution in [1.29, 1.82) is 0 Å². The lowest BCUT2D eigenvalue weighted by atomic mass is 9.65. The molecule has 1 saturated heterocycles. The lowest BCUT2D eigenvalue weighted by Crippen LogP contribution is -2.53. The maximum atomic E-state index is 10.6. The lowest BCUT2D eigenvalue weighted by Gasteiger charge is -2.49. The Morgan fingerprint density at radius 2 is 1.82 bits per heavy atom. The Kier molecular flexibility index (Phi) is 17.0. The summed E-state index contributed by atoms with van der Waals surface area (Å²) in [4.78, 5) is 2.73. The lowest BCUT2D eigenvalue weighted by molar-refractivity contribution is 0.0119. The summed E-state index contributed by atoms with van der Waals surface area (Å²) in [7, 11) is 0. The molecular formula is C32H61ClN2O4. The molecule has 0 radical (unpaired) electrons. The molecule has 230 valence electrons. The Labute approximate surface area is 244 Å². The van der Waals surface area contributed by atoms with Gasteiger partial charge in [-0.15, -0.1) is 0 Å². The fraction of sp³-hybridized carbons (Fsp3) is 0.812. The van der Waals surface area contributed by atoms with Crippen molar-refractivity contribution in [1.82, 2.24) is 10.2 Å². The molecule has 8 N–H and O–H groups in total. The molecule has 0 aromatic heterocycles. The van der Waals surface area contributed by atoms with Crippen LogP contribution < -0.4 is 5.32 Å². The molecule has 6 nitrogen and oxygen atoms in total. The fourth-order valence-corrected chi connectivity index (χ4v) is 7.79. The van der Waals surface area contributed by atoms with Gasteiger partial charge in [0.05, 0.1) is 6.10 Å². The SMILES string of the molecule is C.CC(C)[C@H](CN1CC[C@H](C2CC=C(Cl)CC2)C(C)(C)C1)NCC1=CC=CC(C2CCCCC2O)C1.O.O.O. The third kappa shape index (κ3) is 10.2. The van der Waals surface area contributed by atoms with Crippen molar-refractivity contribution in [2.24, 2.45) is 35.0 Å². The van der Waals surface area contributed by atoms with E-state index < -0.39 is 0 Å². The summed E-state index contributed by atoms with van der Waals surface area (Å²) in [5.41, 5.74) is 1.86. The third-order valence-electron chi connectivity index (χ3n) is 9.73. The van der Waals surface area contributed by atoms with Crippen molar-refractivity contribution < 1.29 is 21.5 Å². The number of aliphatic hydroxyl groups excluding tert-OH is 1. The predicted molar refractivity (Wildman–Crippen MR) is 167 cm³/mol. The number of likely N-dealkylation sites (tertiary alicyclic amines) is 1. The van der Waals surface area contributed by atoms with Crippen molar-refractivity contribution >= 4 is 11.6 Å². The molecule has 0 amide bonds. The van der Waals surface area contributed by atoms with Gasteiger partial charge in [0.2, 0.25) is 0 Å². The van der Waals surface area contributed by atoms with E-state index in [0.717, 1.165) is 49.2 Å². The molecule has 3 aliphatic carbocycles. The molecule has 1 saturated carbocycles. The highest BCUT2D eigenvalue weighted by molar-refractivity contribution is 6.29. The number of halogens is 1. The standard InChI is InChI=1S/C31H51ClN2O.CH4.3H2O/c1-22(2)29(33-19-23-8-7-9-25(18-23)27-10-5-6-11-30(27)35)20-34-17-16-28(31(3,4)21-34)24-12-14-26(32)15-13-24;;;;/h7-9,14,22,24-25,27-30,33,35H,5-6,10-13,15-21H2,1-4H3;1H4;3*1H2/t24?,25?,27?,28-,29+,30?;;;;/m1..../s1. The van der Waals surface area contributed by atoms with Gasteiger partial charge in [-0.1, -0.05) is 89.4 Å². The third-order valence-corrected chi connectivity index (χ3v) is 10.1. The smallest absolute Gasteiger partial charge is 0.0574 e. The molecule has 4 unspecified atom stereocenters. The minimum atomic E-state index is -0.109. The Hall–Kier alpha value is -0.730. The van der Waals surface area contributed by atoms with Crippen LogP contribution in [0.25, 0.3) is 0 Å². The number of nitrogens with one attached hydrogen (secondary N) is 1. The van der Waals surface area contributed by atoms with Crippen molar-refractivity contribution in [3.63, 3.8) is 0 Å². The van der Waals surface area contributed by atoms with Gasteiger partial charge in [-0.2, -0.15) is 0 Å². The van der Waals surface area contributed by atoms with E-state index in [4.69, 9.17) is 11.6 Å². The number of nitrogens with zero attached hydrogens (tertiary/aromatic N) is 1. The number of piperidine rings is 1. The molecule has 39 heavy (non-hydrogen) atoms. The number of rotatable bonds is 8. The molecule has 7 heteroatoms. The molecule has 6 atom stereocenters. The van der Waals surface area contributed by atoms with Crippen LogP contribution in [-0.2, 0) is 0 Å². The molecule has 0 spiro atoms. The summed E-state index contributed by atoms with van der Waals surface area (Å²) in [6.07, 6.45) is 19.7. The van der Waals surface area contributed by atoms with Gasteiger partial charge >= 0.3 is 0 Å². The summed E-state index contributed by atoms with van der Waals surface area (Å²) < 4.78 is 0. The van der Waals surface area contributed by atoms with E-state index in [2.05, 4.69) is 62.2 Å². The van der Waals surface area contributed by atoms with Gasteiger partial charge in [-0.05, 0) is 86.5 Å². The first kappa shape index (κ1) is 38.3. The van der Waals surface area contributed by atoms with E-state index in [9.17, 15) is 5.11 Å². The second kappa shape index (κ2) is 17.3. The van der Waals surface area contributed by atoms with Gasteiger partial charge in [-0.3, -0.25) is 0 Å². The summed E-state index contributed by atoms with van der Waals surface area (Å²) >= 11 is 6.27. The second-order valence-corrected chi connectivity index (χ2v) is 13.6. The van der Waals surface area contributed by atoms with Crippen LogP contribution in [0, 0.1) is 35.0 Å². The van der Waals surface area contributed by atoms with E-state index in [1.54, 1.807) is 0 Å². The highest BCUT2D eigenvalue weighted by Crippen LogP contribution is 2.45. The zero-order valence-corrected chi connectivity index (χ0v) is 25.1. The van der Waals surface area contributed by atoms with Crippen LogP contribution in [0.15, 0.2) is 34.9 Å². The Balaban J connectivity index is 0.00000361. The largest absolute Gasteiger partial charge is 0.412 e. The minimum Gasteiger partial charge on any atom is -0.412 e. The van der Waals surface area contributed by atoms with E-state index >= 15 is 0 Å². The van der Waals surface area contributed by atoms with Crippen molar-refractivity contribution in [3.05, 3.63) is 34.9 Å². The van der Waals surface area contributed by atoms with Crippen LogP contribution in [0.3, 0.4) is 0 Å². The Morgan fingerprint density at radius 3 is 2.44 bits per heavy atom. The number of hydrogen-bond donors (Lipinski definition) is 2. The van der Waals surface area contributed by atoms with Crippen molar-refractivity contribution in [3.8, 4) is 0 Å². The maximum Gasteiger partial charge on any atom is 0.0574 e. The van der Waals surface area contributed by atoms with Gasteiger partial charge in [0.15, 0.2) is 0 Å². The van der Waals surface area contributed by atoms with Gasteiger partial charge in [-0.25, -0.2) is 0 Å². The summed E-state index contributed by atoms with van der Waals surface area (Å²) in [5, 5.41) is 15.6. The van der Waals surface area contributed by atoms with Crippen LogP contribution >= 0.6 is 11.6 Å². The molecule has 1 heterocycles. The second-order valence-electron chi connectivity index (χ2n) is 13.1.